The number of rotatable bonds is 8. The highest BCUT2D eigenvalue weighted by Gasteiger charge is 2.72. The molecule has 1 spiro atoms. The summed E-state index contributed by atoms with van der Waals surface area (Å²) in [6, 6.07) is 6.39. The third kappa shape index (κ3) is 4.98. The number of carbonyl (C=O) groups is 3. The lowest BCUT2D eigenvalue weighted by molar-refractivity contribution is -0.141. The second-order valence-electron chi connectivity index (χ2n) is 12.7. The molecule has 2 saturated heterocycles. The topological polar surface area (TPSA) is 97.0 Å². The molecule has 41 heavy (non-hydrogen) atoms. The van der Waals surface area contributed by atoms with E-state index in [0.717, 1.165) is 38.5 Å². The highest BCUT2D eigenvalue weighted by molar-refractivity contribution is 6.02. The summed E-state index contributed by atoms with van der Waals surface area (Å²) in [5.74, 6) is -0.456. The standard InChI is InChI=1S/C33H43N3O5/c1-20-8-7-11-25(21(20)2)35-31(38)29-33-18-16-26(41-33)27(30(37)34-23-12-14-24(40-3)15-13-23)28(33)32(39)36(29)19-17-22-9-5-4-6-10-22/h9,12-16,18,20-21,25-29H,4-8,10-11,17,19H2,1-3H3,(H,34,37)(H,35,38)/t20-,21+,25+,26-,27+,28-,29-,33-/m0/s1. The fourth-order valence-corrected chi connectivity index (χ4v) is 7.85. The zero-order valence-corrected chi connectivity index (χ0v) is 24.4. The van der Waals surface area contributed by atoms with Gasteiger partial charge in [0.15, 0.2) is 0 Å². The van der Waals surface area contributed by atoms with Gasteiger partial charge >= 0.3 is 0 Å². The van der Waals surface area contributed by atoms with Gasteiger partial charge in [-0.05, 0) is 74.6 Å². The molecule has 2 aliphatic carbocycles. The summed E-state index contributed by atoms with van der Waals surface area (Å²) in [4.78, 5) is 43.8. The van der Waals surface area contributed by atoms with Gasteiger partial charge in [-0.3, -0.25) is 14.4 Å². The van der Waals surface area contributed by atoms with Crippen LogP contribution >= 0.6 is 0 Å². The van der Waals surface area contributed by atoms with Crippen LogP contribution in [0.5, 0.6) is 5.75 Å². The fraction of sp³-hybridized carbons (Fsp3) is 0.606. The van der Waals surface area contributed by atoms with Gasteiger partial charge < -0.3 is 25.0 Å². The van der Waals surface area contributed by atoms with Crippen LogP contribution in [0.2, 0.25) is 0 Å². The lowest BCUT2D eigenvalue weighted by atomic mass is 9.73. The Kier molecular flexibility index (Phi) is 7.70. The van der Waals surface area contributed by atoms with E-state index in [1.807, 2.05) is 12.2 Å². The molecule has 1 aromatic carbocycles. The predicted octanol–water partition coefficient (Wildman–Crippen LogP) is 4.62. The molecule has 8 heteroatoms. The first-order chi connectivity index (χ1) is 19.8. The number of carbonyl (C=O) groups excluding carboxylic acids is 3. The van der Waals surface area contributed by atoms with Gasteiger partial charge in [-0.1, -0.05) is 50.5 Å². The number of nitrogens with one attached hydrogen (secondary N) is 2. The Morgan fingerprint density at radius 3 is 2.63 bits per heavy atom. The number of hydrogen-bond acceptors (Lipinski definition) is 5. The SMILES string of the molecule is COc1ccc(NC(=O)[C@@H]2[C@@H]3C=C[C@]4(O3)[C@@H]2C(=O)N(CCC2=CCCCC2)[C@H]4C(=O)N[C@@H]2CCC[C@H](C)[C@H]2C)cc1. The maximum absolute atomic E-state index is 14.2. The quantitative estimate of drug-likeness (QED) is 0.452. The molecule has 220 valence electrons. The van der Waals surface area contributed by atoms with E-state index in [1.54, 1.807) is 36.3 Å². The highest BCUT2D eigenvalue weighted by atomic mass is 16.5. The van der Waals surface area contributed by atoms with E-state index < -0.39 is 29.6 Å². The first kappa shape index (κ1) is 28.0. The number of likely N-dealkylation sites (tertiary alicyclic amines) is 1. The second kappa shape index (κ2) is 11.3. The average Bonchev–Trinajstić information content (AvgIpc) is 3.62. The van der Waals surface area contributed by atoms with Crippen LogP contribution in [0.1, 0.15) is 65.2 Å². The number of fused-ring (bicyclic) bond motifs is 1. The molecule has 0 aromatic heterocycles. The molecule has 2 N–H and O–H groups in total. The number of methoxy groups -OCH3 is 1. The molecular formula is C33H43N3O5. The van der Waals surface area contributed by atoms with Gasteiger partial charge in [0.05, 0.1) is 25.0 Å². The summed E-state index contributed by atoms with van der Waals surface area (Å²) in [5, 5.41) is 6.32. The number of nitrogens with zero attached hydrogens (tertiary/aromatic N) is 1. The van der Waals surface area contributed by atoms with Crippen molar-refractivity contribution in [1.29, 1.82) is 0 Å². The van der Waals surface area contributed by atoms with E-state index in [-0.39, 0.29) is 23.8 Å². The Hall–Kier alpha value is -3.13. The van der Waals surface area contributed by atoms with E-state index in [1.165, 1.54) is 18.4 Å². The van der Waals surface area contributed by atoms with Crippen molar-refractivity contribution in [3.05, 3.63) is 48.1 Å². The summed E-state index contributed by atoms with van der Waals surface area (Å²) >= 11 is 0. The van der Waals surface area contributed by atoms with E-state index in [4.69, 9.17) is 9.47 Å². The molecule has 2 bridgehead atoms. The van der Waals surface area contributed by atoms with Gasteiger partial charge in [-0.2, -0.15) is 0 Å². The summed E-state index contributed by atoms with van der Waals surface area (Å²) in [6.45, 7) is 4.91. The van der Waals surface area contributed by atoms with Gasteiger partial charge in [0.2, 0.25) is 17.7 Å². The molecule has 8 nitrogen and oxygen atoms in total. The maximum atomic E-state index is 14.2. The predicted molar refractivity (Wildman–Crippen MR) is 156 cm³/mol. The molecule has 6 rings (SSSR count). The summed E-state index contributed by atoms with van der Waals surface area (Å²) < 4.78 is 11.8. The van der Waals surface area contributed by atoms with Gasteiger partial charge in [0, 0.05) is 18.3 Å². The smallest absolute Gasteiger partial charge is 0.246 e. The molecule has 0 radical (unpaired) electrons. The van der Waals surface area contributed by atoms with E-state index in [2.05, 4.69) is 30.6 Å². The Morgan fingerprint density at radius 2 is 1.90 bits per heavy atom. The molecule has 1 saturated carbocycles. The zero-order valence-electron chi connectivity index (χ0n) is 24.4. The number of hydrogen-bond donors (Lipinski definition) is 2. The van der Waals surface area contributed by atoms with Gasteiger partial charge in [0.1, 0.15) is 17.4 Å². The van der Waals surface area contributed by atoms with Crippen molar-refractivity contribution < 1.29 is 23.9 Å². The minimum atomic E-state index is -1.14. The number of allylic oxidation sites excluding steroid dienone is 1. The van der Waals surface area contributed by atoms with Crippen LogP contribution in [0.4, 0.5) is 5.69 Å². The molecule has 0 unspecified atom stereocenters. The minimum absolute atomic E-state index is 0.0662. The normalized spacial score (nSPS) is 35.7. The van der Waals surface area contributed by atoms with Crippen LogP contribution in [0.15, 0.2) is 48.1 Å². The molecule has 8 atom stereocenters. The zero-order chi connectivity index (χ0) is 28.7. The molecule has 3 fully saturated rings. The molecule has 3 heterocycles. The lowest BCUT2D eigenvalue weighted by Crippen LogP contribution is -2.58. The summed E-state index contributed by atoms with van der Waals surface area (Å²) in [7, 11) is 1.59. The number of amides is 3. The molecule has 5 aliphatic rings. The average molecular weight is 562 g/mol. The molecular weight excluding hydrogens is 518 g/mol. The van der Waals surface area contributed by atoms with Crippen molar-refractivity contribution in [3.8, 4) is 5.75 Å². The summed E-state index contributed by atoms with van der Waals surface area (Å²) in [6.07, 6.45) is 13.9. The third-order valence-electron chi connectivity index (χ3n) is 10.4. The van der Waals surface area contributed by atoms with Crippen molar-refractivity contribution in [2.75, 3.05) is 19.0 Å². The largest absolute Gasteiger partial charge is 0.497 e. The van der Waals surface area contributed by atoms with Crippen LogP contribution in [-0.2, 0) is 19.1 Å². The van der Waals surface area contributed by atoms with Gasteiger partial charge in [0.25, 0.3) is 0 Å². The van der Waals surface area contributed by atoms with Gasteiger partial charge in [-0.25, -0.2) is 0 Å². The van der Waals surface area contributed by atoms with Crippen molar-refractivity contribution in [2.45, 2.75) is 89.0 Å². The van der Waals surface area contributed by atoms with E-state index >= 15 is 0 Å². The second-order valence-corrected chi connectivity index (χ2v) is 12.7. The van der Waals surface area contributed by atoms with E-state index in [0.29, 0.717) is 29.8 Å². The first-order valence-electron chi connectivity index (χ1n) is 15.4. The van der Waals surface area contributed by atoms with Crippen molar-refractivity contribution in [2.24, 2.45) is 23.7 Å². The molecule has 3 aliphatic heterocycles. The number of anilines is 1. The Morgan fingerprint density at radius 1 is 1.10 bits per heavy atom. The van der Waals surface area contributed by atoms with E-state index in [9.17, 15) is 14.4 Å². The minimum Gasteiger partial charge on any atom is -0.497 e. The van der Waals surface area contributed by atoms with Crippen LogP contribution in [0, 0.1) is 23.7 Å². The van der Waals surface area contributed by atoms with Crippen LogP contribution in [0.3, 0.4) is 0 Å². The number of benzene rings is 1. The van der Waals surface area contributed by atoms with Crippen molar-refractivity contribution >= 4 is 23.4 Å². The van der Waals surface area contributed by atoms with Crippen LogP contribution < -0.4 is 15.4 Å². The van der Waals surface area contributed by atoms with Crippen molar-refractivity contribution in [1.82, 2.24) is 10.2 Å². The van der Waals surface area contributed by atoms with Crippen LogP contribution in [-0.4, -0.2) is 60.1 Å². The maximum Gasteiger partial charge on any atom is 0.246 e. The highest BCUT2D eigenvalue weighted by Crippen LogP contribution is 2.55. The molecule has 1 aromatic rings. The Balaban J connectivity index is 1.27. The van der Waals surface area contributed by atoms with Crippen LogP contribution in [0.25, 0.3) is 0 Å². The van der Waals surface area contributed by atoms with Crippen molar-refractivity contribution in [3.63, 3.8) is 0 Å². The Bertz CT molecular complexity index is 1240. The monoisotopic (exact) mass is 561 g/mol. The molecule has 3 amide bonds. The fourth-order valence-electron chi connectivity index (χ4n) is 7.85. The first-order valence-corrected chi connectivity index (χ1v) is 15.4. The number of ether oxygens (including phenoxy) is 2. The lowest BCUT2D eigenvalue weighted by Gasteiger charge is -2.38. The Labute approximate surface area is 242 Å². The van der Waals surface area contributed by atoms with Gasteiger partial charge in [-0.15, -0.1) is 0 Å². The summed E-state index contributed by atoms with van der Waals surface area (Å²) in [5.41, 5.74) is 0.831. The third-order valence-corrected chi connectivity index (χ3v) is 10.4.